The molecule has 4 saturated carbocycles. The number of nitriles is 1. The van der Waals surface area contributed by atoms with Crippen LogP contribution in [-0.4, -0.2) is 4.57 Å². The number of hydrogen-bond donors (Lipinski definition) is 0. The molecule has 4 bridgehead atoms. The van der Waals surface area contributed by atoms with Crippen LogP contribution in [0.2, 0.25) is 0 Å². The monoisotopic (exact) mass is 432 g/mol. The zero-order valence-corrected chi connectivity index (χ0v) is 19.7. The maximum absolute atomic E-state index is 9.75. The molecule has 4 fully saturated rings. The molecule has 2 heteroatoms. The van der Waals surface area contributed by atoms with E-state index in [-0.39, 0.29) is 0 Å². The summed E-state index contributed by atoms with van der Waals surface area (Å²) in [5.74, 6) is 2.91. The van der Waals surface area contributed by atoms with Crippen molar-refractivity contribution in [3.8, 4) is 11.8 Å². The van der Waals surface area contributed by atoms with Crippen molar-refractivity contribution >= 4 is 11.6 Å². The smallest absolute Gasteiger partial charge is 0.0998 e. The van der Waals surface area contributed by atoms with Gasteiger partial charge in [-0.2, -0.15) is 5.26 Å². The van der Waals surface area contributed by atoms with E-state index in [4.69, 9.17) is 0 Å². The Balaban J connectivity index is 1.32. The van der Waals surface area contributed by atoms with Crippen LogP contribution in [0.25, 0.3) is 17.3 Å². The summed E-state index contributed by atoms with van der Waals surface area (Å²) in [6.07, 6.45) is 10.7. The van der Waals surface area contributed by atoms with Gasteiger partial charge in [0.05, 0.1) is 11.6 Å². The molecule has 0 unspecified atom stereocenters. The summed E-state index contributed by atoms with van der Waals surface area (Å²) in [6, 6.07) is 24.0. The second-order valence-electron chi connectivity index (χ2n) is 10.9. The van der Waals surface area contributed by atoms with E-state index in [9.17, 15) is 5.26 Å². The van der Waals surface area contributed by atoms with Crippen LogP contribution >= 0.6 is 0 Å². The molecule has 0 amide bonds. The van der Waals surface area contributed by atoms with E-state index in [1.54, 1.807) is 5.56 Å². The van der Waals surface area contributed by atoms with Gasteiger partial charge < -0.3 is 4.57 Å². The van der Waals surface area contributed by atoms with Crippen molar-refractivity contribution in [3.63, 3.8) is 0 Å². The van der Waals surface area contributed by atoms with E-state index in [1.807, 2.05) is 36.4 Å². The van der Waals surface area contributed by atoms with Gasteiger partial charge in [-0.25, -0.2) is 0 Å². The molecule has 7 rings (SSSR count). The molecule has 33 heavy (non-hydrogen) atoms. The van der Waals surface area contributed by atoms with E-state index in [1.165, 1.54) is 55.6 Å². The number of hydrogen-bond acceptors (Lipinski definition) is 1. The zero-order valence-electron chi connectivity index (χ0n) is 19.7. The lowest BCUT2D eigenvalue weighted by Crippen LogP contribution is -2.48. The summed E-state index contributed by atoms with van der Waals surface area (Å²) in [5, 5.41) is 9.75. The highest BCUT2D eigenvalue weighted by Gasteiger charge is 2.51. The van der Waals surface area contributed by atoms with Crippen LogP contribution in [0.5, 0.6) is 0 Å². The van der Waals surface area contributed by atoms with Crippen molar-refractivity contribution in [3.05, 3.63) is 88.7 Å². The van der Waals surface area contributed by atoms with E-state index in [2.05, 4.69) is 54.8 Å². The Morgan fingerprint density at radius 1 is 0.909 bits per heavy atom. The molecule has 4 aliphatic carbocycles. The van der Waals surface area contributed by atoms with Crippen molar-refractivity contribution in [2.75, 3.05) is 0 Å². The van der Waals surface area contributed by atoms with E-state index in [0.717, 1.165) is 28.9 Å². The Morgan fingerprint density at radius 2 is 1.52 bits per heavy atom. The third kappa shape index (κ3) is 3.46. The number of aryl methyl sites for hydroxylation is 1. The average Bonchev–Trinajstić information content (AvgIpc) is 3.10. The molecule has 0 spiro atoms. The van der Waals surface area contributed by atoms with Gasteiger partial charge in [0.15, 0.2) is 0 Å². The molecular formula is C31H32N2. The van der Waals surface area contributed by atoms with Crippen molar-refractivity contribution in [1.29, 1.82) is 5.26 Å². The molecule has 0 saturated heterocycles. The molecule has 2 nitrogen and oxygen atoms in total. The quantitative estimate of drug-likeness (QED) is 0.390. The Bertz CT molecular complexity index is 1220. The molecule has 0 N–H and O–H groups in total. The maximum atomic E-state index is 9.75. The number of aromatic nitrogens is 1. The van der Waals surface area contributed by atoms with Crippen LogP contribution in [0.1, 0.15) is 66.6 Å². The van der Waals surface area contributed by atoms with Crippen molar-refractivity contribution in [2.45, 2.75) is 57.8 Å². The van der Waals surface area contributed by atoms with Gasteiger partial charge in [0.2, 0.25) is 0 Å². The molecule has 166 valence electrons. The SMILES string of the molecule is Cc1cc(/C=C(\C#N)c2ccccc2)c(C)n1-c1ccc(C23CC4CC(CC(C4)C2)C3)cc1. The summed E-state index contributed by atoms with van der Waals surface area (Å²) in [5.41, 5.74) is 8.39. The van der Waals surface area contributed by atoms with Gasteiger partial charge in [0.25, 0.3) is 0 Å². The molecule has 3 aromatic rings. The van der Waals surface area contributed by atoms with E-state index >= 15 is 0 Å². The highest BCUT2D eigenvalue weighted by Crippen LogP contribution is 2.60. The molecule has 0 radical (unpaired) electrons. The third-order valence-corrected chi connectivity index (χ3v) is 8.75. The van der Waals surface area contributed by atoms with Crippen LogP contribution < -0.4 is 0 Å². The van der Waals surface area contributed by atoms with Gasteiger partial charge in [-0.05, 0) is 117 Å². The lowest BCUT2D eigenvalue weighted by atomic mass is 9.48. The molecule has 4 aliphatic rings. The summed E-state index contributed by atoms with van der Waals surface area (Å²) < 4.78 is 2.33. The molecular weight excluding hydrogens is 400 g/mol. The molecule has 0 atom stereocenters. The van der Waals surface area contributed by atoms with Crippen molar-refractivity contribution in [2.24, 2.45) is 17.8 Å². The predicted molar refractivity (Wildman–Crippen MR) is 135 cm³/mol. The first-order valence-corrected chi connectivity index (χ1v) is 12.5. The van der Waals surface area contributed by atoms with Gasteiger partial charge in [-0.1, -0.05) is 42.5 Å². The lowest BCUT2D eigenvalue weighted by Gasteiger charge is -2.57. The Hall–Kier alpha value is -3.05. The van der Waals surface area contributed by atoms with Gasteiger partial charge in [-0.3, -0.25) is 0 Å². The van der Waals surface area contributed by atoms with Gasteiger partial charge in [0, 0.05) is 17.1 Å². The van der Waals surface area contributed by atoms with Crippen LogP contribution in [0, 0.1) is 42.9 Å². The highest BCUT2D eigenvalue weighted by molar-refractivity contribution is 5.90. The number of rotatable bonds is 4. The minimum Gasteiger partial charge on any atom is -0.318 e. The normalized spacial score (nSPS) is 28.2. The molecule has 0 aliphatic heterocycles. The first kappa shape index (κ1) is 20.5. The predicted octanol–water partition coefficient (Wildman–Crippen LogP) is 7.63. The van der Waals surface area contributed by atoms with Crippen LogP contribution in [0.15, 0.2) is 60.7 Å². The molecule has 1 aromatic heterocycles. The second kappa shape index (κ2) is 7.77. The van der Waals surface area contributed by atoms with E-state index in [0.29, 0.717) is 11.0 Å². The standard InChI is InChI=1S/C31H32N2/c1-21-12-27(16-28(20-32)26-6-4-3-5-7-26)22(2)33(21)30-10-8-29(9-11-30)31-17-23-13-24(18-31)15-25(14-23)19-31/h3-12,16,23-25H,13-15,17-19H2,1-2H3/b28-16+. The third-order valence-electron chi connectivity index (χ3n) is 8.75. The molecule has 2 aromatic carbocycles. The fourth-order valence-corrected chi connectivity index (χ4v) is 7.71. The number of benzene rings is 2. The van der Waals surface area contributed by atoms with E-state index < -0.39 is 0 Å². The number of allylic oxidation sites excluding steroid dienone is 1. The van der Waals surface area contributed by atoms with Crippen LogP contribution in [-0.2, 0) is 5.41 Å². The zero-order chi connectivity index (χ0) is 22.6. The fourth-order valence-electron chi connectivity index (χ4n) is 7.71. The highest BCUT2D eigenvalue weighted by atomic mass is 15.0. The minimum atomic E-state index is 0.444. The lowest BCUT2D eigenvalue weighted by molar-refractivity contribution is -0.00518. The Morgan fingerprint density at radius 3 is 2.09 bits per heavy atom. The first-order valence-electron chi connectivity index (χ1n) is 12.5. The minimum absolute atomic E-state index is 0.444. The largest absolute Gasteiger partial charge is 0.318 e. The summed E-state index contributed by atoms with van der Waals surface area (Å²) in [6.45, 7) is 4.32. The summed E-state index contributed by atoms with van der Waals surface area (Å²) >= 11 is 0. The average molecular weight is 433 g/mol. The maximum Gasteiger partial charge on any atom is 0.0998 e. The summed E-state index contributed by atoms with van der Waals surface area (Å²) in [7, 11) is 0. The summed E-state index contributed by atoms with van der Waals surface area (Å²) in [4.78, 5) is 0. The Kier molecular flexibility index (Phi) is 4.84. The fraction of sp³-hybridized carbons (Fsp3) is 0.387. The van der Waals surface area contributed by atoms with Gasteiger partial charge in [-0.15, -0.1) is 0 Å². The van der Waals surface area contributed by atoms with Crippen molar-refractivity contribution < 1.29 is 0 Å². The van der Waals surface area contributed by atoms with Gasteiger partial charge in [0.1, 0.15) is 0 Å². The molecule has 1 heterocycles. The second-order valence-corrected chi connectivity index (χ2v) is 10.9. The number of nitrogens with zero attached hydrogens (tertiary/aromatic N) is 2. The van der Waals surface area contributed by atoms with Crippen molar-refractivity contribution in [1.82, 2.24) is 4.57 Å². The first-order chi connectivity index (χ1) is 16.0. The van der Waals surface area contributed by atoms with Crippen LogP contribution in [0.3, 0.4) is 0 Å². The van der Waals surface area contributed by atoms with Crippen LogP contribution in [0.4, 0.5) is 0 Å². The van der Waals surface area contributed by atoms with Gasteiger partial charge >= 0.3 is 0 Å². The Labute approximate surface area is 197 Å². The topological polar surface area (TPSA) is 28.7 Å².